The average molecular weight is 511 g/mol. The molecule has 38 heavy (non-hydrogen) atoms. The van der Waals surface area contributed by atoms with E-state index >= 15 is 0 Å². The number of imidazole rings is 1. The first-order valence-electron chi connectivity index (χ1n) is 12.9. The summed E-state index contributed by atoms with van der Waals surface area (Å²) in [5, 5.41) is 7.75. The van der Waals surface area contributed by atoms with E-state index in [9.17, 15) is 14.0 Å². The molecule has 190 valence electrons. The summed E-state index contributed by atoms with van der Waals surface area (Å²) >= 11 is 0. The van der Waals surface area contributed by atoms with Crippen LogP contribution in [0, 0.1) is 5.82 Å². The number of nitrogens with one attached hydrogen (secondary N) is 2. The van der Waals surface area contributed by atoms with Crippen molar-refractivity contribution < 1.29 is 13.9 Å². The predicted molar refractivity (Wildman–Crippen MR) is 137 cm³/mol. The number of carbonyl (C=O) groups excluding carboxylic acids is 1. The van der Waals surface area contributed by atoms with E-state index < -0.39 is 0 Å². The lowest BCUT2D eigenvalue weighted by molar-refractivity contribution is 0.0740. The van der Waals surface area contributed by atoms with Crippen LogP contribution >= 0.6 is 0 Å². The maximum Gasteiger partial charge on any atom is 0.274 e. The molecule has 6 heterocycles. The molecular formula is C28H23FN6O3. The summed E-state index contributed by atoms with van der Waals surface area (Å²) in [6.45, 7) is 1.88. The van der Waals surface area contributed by atoms with Gasteiger partial charge in [0.25, 0.3) is 11.5 Å². The smallest absolute Gasteiger partial charge is 0.274 e. The van der Waals surface area contributed by atoms with E-state index in [1.54, 1.807) is 24.4 Å². The van der Waals surface area contributed by atoms with Crippen LogP contribution in [0.4, 0.5) is 4.39 Å². The standard InChI is InChI=1S/C28H23FN6O3/c29-16-3-1-14(2-4-16)24-23-19(32-33-24)5-8-34-25(23)17-12-21-20(11-18(17)28(34)37)31-27(36)22-13-30-26(35(21)22)15-6-9-38-10-7-15/h1-4,11-13,15,25H,5-10H2,(H,31,36)(H,32,33). The Kier molecular flexibility index (Phi) is 4.49. The second-order valence-corrected chi connectivity index (χ2v) is 10.3. The van der Waals surface area contributed by atoms with Crippen molar-refractivity contribution in [3.63, 3.8) is 0 Å². The van der Waals surface area contributed by atoms with Crippen molar-refractivity contribution in [3.05, 3.63) is 87.0 Å². The highest BCUT2D eigenvalue weighted by molar-refractivity contribution is 6.03. The molecule has 1 unspecified atom stereocenters. The third-order valence-corrected chi connectivity index (χ3v) is 8.24. The number of carbonyl (C=O) groups is 1. The number of aromatic nitrogens is 5. The highest BCUT2D eigenvalue weighted by Gasteiger charge is 2.44. The van der Waals surface area contributed by atoms with E-state index in [4.69, 9.17) is 4.74 Å². The van der Waals surface area contributed by atoms with E-state index in [-0.39, 0.29) is 29.2 Å². The van der Waals surface area contributed by atoms with Gasteiger partial charge in [-0.05, 0) is 54.8 Å². The molecule has 9 nitrogen and oxygen atoms in total. The summed E-state index contributed by atoms with van der Waals surface area (Å²) in [4.78, 5) is 36.1. The molecule has 5 aromatic rings. The Morgan fingerprint density at radius 3 is 2.68 bits per heavy atom. The normalized spacial score (nSPS) is 19.2. The number of aromatic amines is 2. The third kappa shape index (κ3) is 2.94. The fraction of sp³-hybridized carbons (Fsp3) is 0.286. The molecule has 1 atom stereocenters. The van der Waals surface area contributed by atoms with Gasteiger partial charge in [-0.1, -0.05) is 0 Å². The van der Waals surface area contributed by atoms with Gasteiger partial charge >= 0.3 is 0 Å². The van der Waals surface area contributed by atoms with Crippen molar-refractivity contribution in [1.29, 1.82) is 0 Å². The second kappa shape index (κ2) is 7.84. The molecule has 0 radical (unpaired) electrons. The van der Waals surface area contributed by atoms with E-state index in [1.165, 1.54) is 12.1 Å². The number of fused-ring (bicyclic) bond motifs is 8. The summed E-state index contributed by atoms with van der Waals surface area (Å²) in [5.74, 6) is 0.648. The number of rotatable bonds is 2. The molecule has 1 fully saturated rings. The fourth-order valence-electron chi connectivity index (χ4n) is 6.42. The summed E-state index contributed by atoms with van der Waals surface area (Å²) < 4.78 is 21.2. The summed E-state index contributed by atoms with van der Waals surface area (Å²) in [6.07, 6.45) is 3.96. The van der Waals surface area contributed by atoms with Gasteiger partial charge in [0.2, 0.25) is 0 Å². The van der Waals surface area contributed by atoms with Gasteiger partial charge in [-0.15, -0.1) is 0 Å². The van der Waals surface area contributed by atoms with Crippen LogP contribution in [0.3, 0.4) is 0 Å². The highest BCUT2D eigenvalue weighted by Crippen LogP contribution is 2.46. The number of benzene rings is 2. The van der Waals surface area contributed by atoms with Crippen molar-refractivity contribution in [2.45, 2.75) is 31.2 Å². The highest BCUT2D eigenvalue weighted by atomic mass is 19.1. The lowest BCUT2D eigenvalue weighted by Crippen LogP contribution is -2.35. The summed E-state index contributed by atoms with van der Waals surface area (Å²) in [5.41, 5.74) is 6.52. The van der Waals surface area contributed by atoms with Gasteiger partial charge in [0.1, 0.15) is 17.2 Å². The van der Waals surface area contributed by atoms with Crippen molar-refractivity contribution in [2.75, 3.05) is 19.8 Å². The van der Waals surface area contributed by atoms with Crippen molar-refractivity contribution in [2.24, 2.45) is 0 Å². The largest absolute Gasteiger partial charge is 0.381 e. The maximum absolute atomic E-state index is 13.7. The number of ether oxygens (including phenoxy) is 1. The van der Waals surface area contributed by atoms with Crippen LogP contribution in [0.2, 0.25) is 0 Å². The molecule has 0 spiro atoms. The first-order valence-corrected chi connectivity index (χ1v) is 12.9. The van der Waals surface area contributed by atoms with Crippen LogP contribution < -0.4 is 5.56 Å². The number of hydrogen-bond donors (Lipinski definition) is 2. The SMILES string of the molecule is O=C1c2cc3[nH]c(=O)c4cnc(C5CCOCC5)n4c3cc2C2c3c(-c4ccc(F)cc4)n[nH]c3CCN12. The molecule has 3 aliphatic heterocycles. The Balaban J connectivity index is 1.37. The zero-order valence-corrected chi connectivity index (χ0v) is 20.3. The Bertz CT molecular complexity index is 1830. The molecule has 3 aliphatic rings. The molecule has 0 aliphatic carbocycles. The average Bonchev–Trinajstić information content (AvgIpc) is 3.64. The van der Waals surface area contributed by atoms with E-state index in [0.29, 0.717) is 48.5 Å². The van der Waals surface area contributed by atoms with Crippen LogP contribution in [0.25, 0.3) is 27.8 Å². The van der Waals surface area contributed by atoms with Crippen LogP contribution in [0.5, 0.6) is 0 Å². The fourth-order valence-corrected chi connectivity index (χ4v) is 6.42. The van der Waals surface area contributed by atoms with Crippen LogP contribution in [0.1, 0.15) is 57.8 Å². The first-order chi connectivity index (χ1) is 18.6. The molecule has 0 saturated carbocycles. The predicted octanol–water partition coefficient (Wildman–Crippen LogP) is 3.70. The molecular weight excluding hydrogens is 487 g/mol. The van der Waals surface area contributed by atoms with Crippen LogP contribution in [-0.2, 0) is 11.2 Å². The molecule has 1 amide bonds. The number of nitrogens with zero attached hydrogens (tertiary/aromatic N) is 4. The number of hydrogen-bond acceptors (Lipinski definition) is 5. The quantitative estimate of drug-likeness (QED) is 0.377. The topological polar surface area (TPSA) is 108 Å². The number of amides is 1. The van der Waals surface area contributed by atoms with Crippen LogP contribution in [0.15, 0.2) is 47.4 Å². The minimum Gasteiger partial charge on any atom is -0.381 e. The van der Waals surface area contributed by atoms with Crippen molar-refractivity contribution >= 4 is 22.5 Å². The third-order valence-electron chi connectivity index (χ3n) is 8.24. The van der Waals surface area contributed by atoms with Gasteiger partial charge in [0.05, 0.1) is 29.0 Å². The monoisotopic (exact) mass is 510 g/mol. The molecule has 10 heteroatoms. The Morgan fingerprint density at radius 1 is 1.05 bits per heavy atom. The minimum absolute atomic E-state index is 0.0694. The van der Waals surface area contributed by atoms with Crippen LogP contribution in [-0.4, -0.2) is 55.1 Å². The molecule has 2 N–H and O–H groups in total. The molecule has 0 bridgehead atoms. The van der Waals surface area contributed by atoms with Gasteiger partial charge in [0, 0.05) is 54.5 Å². The Labute approximate surface area is 215 Å². The summed E-state index contributed by atoms with van der Waals surface area (Å²) in [6, 6.07) is 9.76. The van der Waals surface area contributed by atoms with Gasteiger partial charge in [-0.2, -0.15) is 5.10 Å². The Hall–Kier alpha value is -4.31. The lowest BCUT2D eigenvalue weighted by atomic mass is 9.90. The van der Waals surface area contributed by atoms with Gasteiger partial charge in [0.15, 0.2) is 0 Å². The molecule has 2 aromatic carbocycles. The first kappa shape index (κ1) is 21.7. The molecule has 1 saturated heterocycles. The number of H-pyrrole nitrogens is 2. The molecule has 3 aromatic heterocycles. The van der Waals surface area contributed by atoms with E-state index in [0.717, 1.165) is 46.6 Å². The van der Waals surface area contributed by atoms with Gasteiger partial charge in [-0.25, -0.2) is 9.37 Å². The van der Waals surface area contributed by atoms with E-state index in [1.807, 2.05) is 15.4 Å². The number of halogens is 1. The maximum atomic E-state index is 13.7. The minimum atomic E-state index is -0.332. The lowest BCUT2D eigenvalue weighted by Gasteiger charge is -2.30. The molecule has 8 rings (SSSR count). The van der Waals surface area contributed by atoms with Crippen molar-refractivity contribution in [3.8, 4) is 11.3 Å². The second-order valence-electron chi connectivity index (χ2n) is 10.3. The van der Waals surface area contributed by atoms with E-state index in [2.05, 4.69) is 20.2 Å². The van der Waals surface area contributed by atoms with Gasteiger partial charge in [-0.3, -0.25) is 19.1 Å². The van der Waals surface area contributed by atoms with Crippen molar-refractivity contribution in [1.82, 2.24) is 29.5 Å². The zero-order valence-electron chi connectivity index (χ0n) is 20.3. The Morgan fingerprint density at radius 2 is 1.87 bits per heavy atom. The van der Waals surface area contributed by atoms with Gasteiger partial charge < -0.3 is 14.6 Å². The summed E-state index contributed by atoms with van der Waals surface area (Å²) in [7, 11) is 0. The zero-order chi connectivity index (χ0) is 25.5.